The van der Waals surface area contributed by atoms with Crippen molar-refractivity contribution in [3.05, 3.63) is 71.1 Å². The molecule has 1 fully saturated rings. The summed E-state index contributed by atoms with van der Waals surface area (Å²) >= 11 is 0. The number of hydrogen-bond acceptors (Lipinski definition) is 5. The van der Waals surface area contributed by atoms with Crippen LogP contribution in [-0.4, -0.2) is 51.0 Å². The molecule has 0 spiro atoms. The fourth-order valence-electron chi connectivity index (χ4n) is 4.73. The molecule has 1 aromatic heterocycles. The quantitative estimate of drug-likeness (QED) is 0.628. The number of aromatic nitrogens is 2. The van der Waals surface area contributed by atoms with E-state index in [1.54, 1.807) is 21.9 Å². The van der Waals surface area contributed by atoms with Crippen LogP contribution in [0.25, 0.3) is 11.4 Å². The first-order valence-electron chi connectivity index (χ1n) is 10.7. The van der Waals surface area contributed by atoms with Crippen molar-refractivity contribution < 1.29 is 27.3 Å². The van der Waals surface area contributed by atoms with Crippen molar-refractivity contribution in [1.82, 2.24) is 19.9 Å². The monoisotopic (exact) mass is 471 g/mol. The minimum atomic E-state index is -4.75. The van der Waals surface area contributed by atoms with Crippen molar-refractivity contribution in [2.45, 2.75) is 31.1 Å². The van der Waals surface area contributed by atoms with E-state index in [2.05, 4.69) is 14.7 Å². The van der Waals surface area contributed by atoms with Crippen molar-refractivity contribution in [3.63, 3.8) is 0 Å². The van der Waals surface area contributed by atoms with E-state index in [0.29, 0.717) is 31.6 Å². The maximum absolute atomic E-state index is 13.4. The van der Waals surface area contributed by atoms with Crippen molar-refractivity contribution in [2.24, 2.45) is 5.73 Å². The summed E-state index contributed by atoms with van der Waals surface area (Å²) < 4.78 is 42.8. The normalized spacial score (nSPS) is 20.5. The zero-order chi connectivity index (χ0) is 24.0. The number of rotatable bonds is 3. The van der Waals surface area contributed by atoms with Crippen molar-refractivity contribution >= 4 is 11.9 Å². The number of nitrogens with two attached hydrogens (primary N) is 1. The molecule has 3 aromatic rings. The molecule has 1 saturated heterocycles. The number of likely N-dealkylation sites (tertiary alicyclic amines) is 1. The fraction of sp³-hybridized carbons (Fsp3) is 0.304. The second-order valence-corrected chi connectivity index (χ2v) is 8.38. The van der Waals surface area contributed by atoms with Gasteiger partial charge >= 0.3 is 18.1 Å². The number of fused-ring (bicyclic) bond motifs is 1. The van der Waals surface area contributed by atoms with Crippen LogP contribution in [0, 0.1) is 0 Å². The molecular weight excluding hydrogens is 451 g/mol. The Balaban J connectivity index is 1.43. The van der Waals surface area contributed by atoms with Crippen LogP contribution in [-0.2, 0) is 12.7 Å². The number of carbonyl (C=O) groups excluding carboxylic acids is 2. The fourth-order valence-corrected chi connectivity index (χ4v) is 4.73. The Morgan fingerprint density at radius 3 is 2.59 bits per heavy atom. The van der Waals surface area contributed by atoms with Gasteiger partial charge in [0, 0.05) is 42.7 Å². The number of benzene rings is 2. The Hall–Kier alpha value is -3.89. The molecule has 0 aliphatic carbocycles. The van der Waals surface area contributed by atoms with E-state index in [-0.39, 0.29) is 29.3 Å². The Bertz CT molecular complexity index is 1240. The van der Waals surface area contributed by atoms with Gasteiger partial charge in [0.15, 0.2) is 0 Å². The van der Waals surface area contributed by atoms with Crippen LogP contribution in [0.1, 0.15) is 39.7 Å². The molecule has 0 unspecified atom stereocenters. The zero-order valence-corrected chi connectivity index (χ0v) is 17.8. The molecule has 176 valence electrons. The molecule has 3 heterocycles. The molecule has 2 atom stereocenters. The Morgan fingerprint density at radius 1 is 1.15 bits per heavy atom. The average Bonchev–Trinajstić information content (AvgIpc) is 3.45. The highest BCUT2D eigenvalue weighted by molar-refractivity contribution is 5.99. The van der Waals surface area contributed by atoms with Crippen LogP contribution in [0.15, 0.2) is 53.1 Å². The third-order valence-electron chi connectivity index (χ3n) is 6.38. The molecule has 5 rings (SSSR count). The first-order valence-corrected chi connectivity index (χ1v) is 10.7. The van der Waals surface area contributed by atoms with E-state index in [4.69, 9.17) is 5.73 Å². The van der Waals surface area contributed by atoms with E-state index in [1.807, 2.05) is 30.3 Å². The number of hydrogen-bond donors (Lipinski definition) is 1. The lowest BCUT2D eigenvalue weighted by Gasteiger charge is -2.42. The lowest BCUT2D eigenvalue weighted by molar-refractivity contribution is -0.159. The van der Waals surface area contributed by atoms with Gasteiger partial charge < -0.3 is 20.1 Å². The number of piperidine rings is 1. The predicted octanol–water partition coefficient (Wildman–Crippen LogP) is 3.65. The summed E-state index contributed by atoms with van der Waals surface area (Å²) in [6.07, 6.45) is -4.20. The molecule has 2 N–H and O–H groups in total. The molecule has 2 aliphatic heterocycles. The molecule has 34 heavy (non-hydrogen) atoms. The minimum absolute atomic E-state index is 0.133. The number of nitrogens with zero attached hydrogens (tertiary/aromatic N) is 4. The number of amides is 3. The highest BCUT2D eigenvalue weighted by Gasteiger charge is 2.41. The highest BCUT2D eigenvalue weighted by atomic mass is 19.4. The van der Waals surface area contributed by atoms with Gasteiger partial charge in [0.25, 0.3) is 5.91 Å². The third kappa shape index (κ3) is 3.87. The summed E-state index contributed by atoms with van der Waals surface area (Å²) in [5.41, 5.74) is 7.93. The lowest BCUT2D eigenvalue weighted by atomic mass is 9.85. The van der Waals surface area contributed by atoms with E-state index in [9.17, 15) is 22.8 Å². The lowest BCUT2D eigenvalue weighted by Crippen LogP contribution is -2.52. The number of urea groups is 1. The molecule has 0 saturated carbocycles. The van der Waals surface area contributed by atoms with Crippen LogP contribution in [0.5, 0.6) is 0 Å². The largest absolute Gasteiger partial charge is 0.471 e. The molecule has 0 bridgehead atoms. The van der Waals surface area contributed by atoms with Crippen molar-refractivity contribution in [2.75, 3.05) is 13.1 Å². The van der Waals surface area contributed by atoms with Gasteiger partial charge in [-0.1, -0.05) is 47.6 Å². The molecule has 3 amide bonds. The molecule has 2 aliphatic rings. The molecule has 0 radical (unpaired) electrons. The predicted molar refractivity (Wildman–Crippen MR) is 113 cm³/mol. The van der Waals surface area contributed by atoms with Gasteiger partial charge in [0.05, 0.1) is 0 Å². The van der Waals surface area contributed by atoms with Gasteiger partial charge in [0.1, 0.15) is 0 Å². The van der Waals surface area contributed by atoms with Crippen LogP contribution in [0.4, 0.5) is 18.0 Å². The zero-order valence-electron chi connectivity index (χ0n) is 17.8. The van der Waals surface area contributed by atoms with E-state index >= 15 is 0 Å². The summed E-state index contributed by atoms with van der Waals surface area (Å²) in [5.74, 6) is -2.04. The van der Waals surface area contributed by atoms with Gasteiger partial charge in [0.2, 0.25) is 5.82 Å². The van der Waals surface area contributed by atoms with Gasteiger partial charge in [-0.15, -0.1) is 0 Å². The number of carbonyl (C=O) groups is 2. The van der Waals surface area contributed by atoms with Crippen LogP contribution in [0.3, 0.4) is 0 Å². The summed E-state index contributed by atoms with van der Waals surface area (Å²) in [6.45, 7) is 1.18. The van der Waals surface area contributed by atoms with Crippen molar-refractivity contribution in [3.8, 4) is 11.4 Å². The Morgan fingerprint density at radius 2 is 1.91 bits per heavy atom. The standard InChI is InChI=1S/C23H20F3N5O3/c24-23(25,26)21-28-19(29-34-21)14-6-7-15-11-31(20(32)16(15)10-14)18-8-9-30(22(27)33)12-17(18)13-4-2-1-3-5-13/h1-7,10,17-18H,8-9,11-12H2,(H2,27,33)/t17-,18+/m0/s1. The smallest absolute Gasteiger partial charge is 0.351 e. The maximum Gasteiger partial charge on any atom is 0.471 e. The Labute approximate surface area is 192 Å². The maximum atomic E-state index is 13.4. The summed E-state index contributed by atoms with van der Waals surface area (Å²) in [4.78, 5) is 32.0. The van der Waals surface area contributed by atoms with Crippen LogP contribution >= 0.6 is 0 Å². The average molecular weight is 471 g/mol. The summed E-state index contributed by atoms with van der Waals surface area (Å²) in [5, 5.41) is 3.41. The summed E-state index contributed by atoms with van der Waals surface area (Å²) in [6, 6.07) is 13.7. The second-order valence-electron chi connectivity index (χ2n) is 8.38. The van der Waals surface area contributed by atoms with Gasteiger partial charge in [-0.25, -0.2) is 4.79 Å². The number of primary amides is 1. The number of alkyl halides is 3. The van der Waals surface area contributed by atoms with Crippen LogP contribution in [0.2, 0.25) is 0 Å². The van der Waals surface area contributed by atoms with Gasteiger partial charge in [-0.05, 0) is 23.6 Å². The Kier molecular flexibility index (Phi) is 5.26. The third-order valence-corrected chi connectivity index (χ3v) is 6.38. The van der Waals surface area contributed by atoms with Gasteiger partial charge in [-0.2, -0.15) is 18.2 Å². The van der Waals surface area contributed by atoms with E-state index < -0.39 is 18.1 Å². The van der Waals surface area contributed by atoms with Crippen LogP contribution < -0.4 is 5.73 Å². The molecule has 2 aromatic carbocycles. The molecular formula is C23H20F3N5O3. The summed E-state index contributed by atoms with van der Waals surface area (Å²) in [7, 11) is 0. The van der Waals surface area contributed by atoms with E-state index in [0.717, 1.165) is 11.1 Å². The molecule has 8 nitrogen and oxygen atoms in total. The SMILES string of the molecule is NC(=O)N1CC[C@@H](N2Cc3ccc(-c4noc(C(F)(F)F)n4)cc3C2=O)[C@H](c2ccccc2)C1. The first kappa shape index (κ1) is 21.9. The van der Waals surface area contributed by atoms with Gasteiger partial charge in [-0.3, -0.25) is 4.79 Å². The highest BCUT2D eigenvalue weighted by Crippen LogP contribution is 2.37. The second kappa shape index (κ2) is 8.15. The van der Waals surface area contributed by atoms with E-state index in [1.165, 1.54) is 6.07 Å². The van der Waals surface area contributed by atoms with Crippen molar-refractivity contribution in [1.29, 1.82) is 0 Å². The number of halogens is 3. The first-order chi connectivity index (χ1) is 16.2. The molecule has 11 heteroatoms. The minimum Gasteiger partial charge on any atom is -0.351 e. The topological polar surface area (TPSA) is 106 Å².